The highest BCUT2D eigenvalue weighted by atomic mass is 16.7. The highest BCUT2D eigenvalue weighted by molar-refractivity contribution is 5.76. The van der Waals surface area contributed by atoms with Crippen molar-refractivity contribution >= 4 is 5.91 Å². The van der Waals surface area contributed by atoms with Crippen LogP contribution in [0.15, 0.2) is 60.8 Å². The van der Waals surface area contributed by atoms with Crippen LogP contribution in [0.3, 0.4) is 0 Å². The lowest BCUT2D eigenvalue weighted by molar-refractivity contribution is -0.302. The van der Waals surface area contributed by atoms with Crippen molar-refractivity contribution in [3.63, 3.8) is 0 Å². The summed E-state index contributed by atoms with van der Waals surface area (Å²) in [4.78, 5) is 13.1. The van der Waals surface area contributed by atoms with Crippen molar-refractivity contribution in [2.45, 2.75) is 307 Å². The van der Waals surface area contributed by atoms with Gasteiger partial charge in [-0.1, -0.05) is 261 Å². The Labute approximate surface area is 430 Å². The zero-order valence-electron chi connectivity index (χ0n) is 45.3. The Balaban J connectivity index is 2.23. The number of ether oxygens (including phenoxy) is 2. The van der Waals surface area contributed by atoms with E-state index >= 15 is 0 Å². The molecular formula is C61H111NO8. The topological polar surface area (TPSA) is 149 Å². The first-order chi connectivity index (χ1) is 34.3. The lowest BCUT2D eigenvalue weighted by Gasteiger charge is -2.40. The molecule has 1 heterocycles. The van der Waals surface area contributed by atoms with Crippen molar-refractivity contribution in [3.05, 3.63) is 60.8 Å². The maximum absolute atomic E-state index is 13.1. The van der Waals surface area contributed by atoms with Gasteiger partial charge in [0.05, 0.1) is 25.4 Å². The number of hydrogen-bond donors (Lipinski definition) is 6. The Bertz CT molecular complexity index is 1280. The summed E-state index contributed by atoms with van der Waals surface area (Å²) in [5, 5.41) is 54.6. The van der Waals surface area contributed by atoms with Crippen molar-refractivity contribution in [2.24, 2.45) is 0 Å². The van der Waals surface area contributed by atoms with Gasteiger partial charge < -0.3 is 40.3 Å². The van der Waals surface area contributed by atoms with E-state index in [0.717, 1.165) is 70.6 Å². The molecule has 408 valence electrons. The largest absolute Gasteiger partial charge is 0.394 e. The van der Waals surface area contributed by atoms with Crippen LogP contribution in [-0.2, 0) is 14.3 Å². The van der Waals surface area contributed by atoms with Crippen LogP contribution in [0, 0.1) is 0 Å². The number of carbonyl (C=O) groups is 1. The lowest BCUT2D eigenvalue weighted by Crippen LogP contribution is -2.60. The summed E-state index contributed by atoms with van der Waals surface area (Å²) in [6.07, 6.45) is 61.4. The maximum atomic E-state index is 13.1. The van der Waals surface area contributed by atoms with Crippen LogP contribution in [-0.4, -0.2) is 87.5 Å². The molecule has 1 amide bonds. The van der Waals surface area contributed by atoms with Gasteiger partial charge in [-0.25, -0.2) is 0 Å². The molecule has 0 aromatic carbocycles. The molecule has 0 aromatic rings. The number of amides is 1. The molecule has 0 spiro atoms. The van der Waals surface area contributed by atoms with Crippen LogP contribution in [0.1, 0.15) is 264 Å². The highest BCUT2D eigenvalue weighted by Crippen LogP contribution is 2.23. The molecule has 9 nitrogen and oxygen atoms in total. The third-order valence-corrected chi connectivity index (χ3v) is 13.8. The SMILES string of the molecule is CC/C=C\C/C=C\C/C=C\C/C=C\CCCCCCCCCCCCC(=O)NC(COC1OC(CO)C(O)C(O)C1O)C(O)/C=C/CCCCCCCCCCCCCCCCCCCCCCCC. The Kier molecular flexibility index (Phi) is 47.5. The first-order valence-electron chi connectivity index (χ1n) is 29.5. The maximum Gasteiger partial charge on any atom is 0.220 e. The van der Waals surface area contributed by atoms with Gasteiger partial charge in [0.1, 0.15) is 24.4 Å². The number of aliphatic hydroxyl groups excluding tert-OH is 5. The molecule has 9 heteroatoms. The second kappa shape index (κ2) is 50.4. The van der Waals surface area contributed by atoms with Crippen LogP contribution >= 0.6 is 0 Å². The number of aliphatic hydroxyl groups is 5. The van der Waals surface area contributed by atoms with Crippen LogP contribution in [0.2, 0.25) is 0 Å². The minimum atomic E-state index is -1.57. The minimum Gasteiger partial charge on any atom is -0.394 e. The Morgan fingerprint density at radius 3 is 1.31 bits per heavy atom. The van der Waals surface area contributed by atoms with Gasteiger partial charge in [0.2, 0.25) is 5.91 Å². The van der Waals surface area contributed by atoms with E-state index in [1.807, 2.05) is 6.08 Å². The Hall–Kier alpha value is -2.11. The first-order valence-corrected chi connectivity index (χ1v) is 29.5. The highest BCUT2D eigenvalue weighted by Gasteiger charge is 2.44. The molecule has 6 N–H and O–H groups in total. The molecule has 0 aromatic heterocycles. The molecule has 1 saturated heterocycles. The number of rotatable bonds is 50. The van der Waals surface area contributed by atoms with Crippen molar-refractivity contribution in [1.82, 2.24) is 5.32 Å². The van der Waals surface area contributed by atoms with Crippen LogP contribution in [0.4, 0.5) is 0 Å². The fourth-order valence-electron chi connectivity index (χ4n) is 9.21. The van der Waals surface area contributed by atoms with E-state index < -0.39 is 49.5 Å². The fourth-order valence-corrected chi connectivity index (χ4v) is 9.21. The summed E-state index contributed by atoms with van der Waals surface area (Å²) in [6.45, 7) is 3.69. The number of hydrogen-bond acceptors (Lipinski definition) is 8. The summed E-state index contributed by atoms with van der Waals surface area (Å²) in [6, 6.07) is -0.811. The molecule has 7 unspecified atom stereocenters. The summed E-state index contributed by atoms with van der Waals surface area (Å²) >= 11 is 0. The van der Waals surface area contributed by atoms with E-state index in [-0.39, 0.29) is 12.5 Å². The van der Waals surface area contributed by atoms with E-state index in [2.05, 4.69) is 67.8 Å². The fraction of sp³-hybridized carbons (Fsp3) is 0.820. The van der Waals surface area contributed by atoms with Gasteiger partial charge in [-0.3, -0.25) is 4.79 Å². The molecule has 70 heavy (non-hydrogen) atoms. The van der Waals surface area contributed by atoms with E-state index in [4.69, 9.17) is 9.47 Å². The average molecular weight is 987 g/mol. The van der Waals surface area contributed by atoms with Crippen molar-refractivity contribution in [3.8, 4) is 0 Å². The number of nitrogens with one attached hydrogen (secondary N) is 1. The van der Waals surface area contributed by atoms with Gasteiger partial charge >= 0.3 is 0 Å². The van der Waals surface area contributed by atoms with Gasteiger partial charge in [-0.2, -0.15) is 0 Å². The van der Waals surface area contributed by atoms with E-state index in [1.165, 1.54) is 173 Å². The van der Waals surface area contributed by atoms with Gasteiger partial charge in [0.25, 0.3) is 0 Å². The van der Waals surface area contributed by atoms with Gasteiger partial charge in [-0.05, 0) is 57.8 Å². The van der Waals surface area contributed by atoms with Crippen LogP contribution in [0.5, 0.6) is 0 Å². The van der Waals surface area contributed by atoms with Gasteiger partial charge in [0.15, 0.2) is 6.29 Å². The van der Waals surface area contributed by atoms with Gasteiger partial charge in [0, 0.05) is 6.42 Å². The second-order valence-corrected chi connectivity index (χ2v) is 20.4. The lowest BCUT2D eigenvalue weighted by atomic mass is 9.99. The predicted molar refractivity (Wildman–Crippen MR) is 295 cm³/mol. The minimum absolute atomic E-state index is 0.181. The van der Waals surface area contributed by atoms with Gasteiger partial charge in [-0.15, -0.1) is 0 Å². The predicted octanol–water partition coefficient (Wildman–Crippen LogP) is 14.7. The zero-order valence-corrected chi connectivity index (χ0v) is 45.3. The van der Waals surface area contributed by atoms with Crippen molar-refractivity contribution < 1.29 is 39.8 Å². The average Bonchev–Trinajstić information content (AvgIpc) is 3.36. The monoisotopic (exact) mass is 986 g/mol. The molecule has 0 bridgehead atoms. The molecule has 0 aliphatic carbocycles. The molecule has 1 aliphatic heterocycles. The Morgan fingerprint density at radius 2 is 0.886 bits per heavy atom. The molecular weight excluding hydrogens is 875 g/mol. The number of unbranched alkanes of at least 4 members (excludes halogenated alkanes) is 32. The summed E-state index contributed by atoms with van der Waals surface area (Å²) in [5.74, 6) is -0.181. The van der Waals surface area contributed by atoms with Crippen LogP contribution in [0.25, 0.3) is 0 Å². The Morgan fingerprint density at radius 1 is 0.500 bits per heavy atom. The molecule has 7 atom stereocenters. The summed E-state index contributed by atoms with van der Waals surface area (Å²) < 4.78 is 11.3. The van der Waals surface area contributed by atoms with E-state index in [1.54, 1.807) is 6.08 Å². The van der Waals surface area contributed by atoms with Crippen molar-refractivity contribution in [1.29, 1.82) is 0 Å². The van der Waals surface area contributed by atoms with Crippen molar-refractivity contribution in [2.75, 3.05) is 13.2 Å². The van der Waals surface area contributed by atoms with E-state index in [0.29, 0.717) is 6.42 Å². The molecule has 1 aliphatic rings. The third kappa shape index (κ3) is 39.4. The summed E-state index contributed by atoms with van der Waals surface area (Å²) in [5.41, 5.74) is 0. The standard InChI is InChI=1S/C61H111NO8/c1-3-5-7-9-11-13-15-17-19-21-23-25-27-29-30-32-34-36-38-40-42-44-46-48-50-55(64)54(53-69-61-60(68)59(67)58(66)56(52-63)70-61)62-57(65)51-49-47-45-43-41-39-37-35-33-31-28-26-24-22-20-18-16-14-12-10-8-6-4-2/h6,8,12,14,18,20,24,26,48,50,54-56,58-61,63-64,66-68H,3-5,7,9-11,13,15-17,19,21-23,25,27-47,49,51-53H2,1-2H3,(H,62,65)/b8-6-,14-12-,20-18-,26-24-,50-48+. The number of carbonyl (C=O) groups excluding carboxylic acids is 1. The first kappa shape index (κ1) is 65.9. The second-order valence-electron chi connectivity index (χ2n) is 20.4. The number of allylic oxidation sites excluding steroid dienone is 9. The van der Waals surface area contributed by atoms with E-state index in [9.17, 15) is 30.3 Å². The zero-order chi connectivity index (χ0) is 50.8. The van der Waals surface area contributed by atoms with Crippen LogP contribution < -0.4 is 5.32 Å². The quantitative estimate of drug-likeness (QED) is 0.0261. The smallest absolute Gasteiger partial charge is 0.220 e. The third-order valence-electron chi connectivity index (χ3n) is 13.8. The molecule has 0 radical (unpaired) electrons. The molecule has 0 saturated carbocycles. The summed E-state index contributed by atoms with van der Waals surface area (Å²) in [7, 11) is 0. The molecule has 1 rings (SSSR count). The normalized spacial score (nSPS) is 19.8. The molecule has 1 fully saturated rings.